The molecule has 1 rings (SSSR count). The minimum absolute atomic E-state index is 0.104. The molecule has 1 saturated carbocycles. The fourth-order valence-corrected chi connectivity index (χ4v) is 2.64. The molecule has 1 fully saturated rings. The largest absolute Gasteiger partial charge is 0.355 e. The summed E-state index contributed by atoms with van der Waals surface area (Å²) in [4.78, 5) is 11.6. The molecule has 0 atom stereocenters. The van der Waals surface area contributed by atoms with Crippen molar-refractivity contribution in [2.45, 2.75) is 37.6 Å². The lowest BCUT2D eigenvalue weighted by Gasteiger charge is -2.22. The van der Waals surface area contributed by atoms with E-state index in [1.54, 1.807) is 0 Å². The van der Waals surface area contributed by atoms with E-state index in [9.17, 15) is 13.2 Å². The zero-order chi connectivity index (χ0) is 12.9. The predicted octanol–water partition coefficient (Wildman–Crippen LogP) is -0.687. The van der Waals surface area contributed by atoms with Crippen molar-refractivity contribution in [3.05, 3.63) is 0 Å². The van der Waals surface area contributed by atoms with Gasteiger partial charge in [0.1, 0.15) is 0 Å². The lowest BCUT2D eigenvalue weighted by atomic mass is 9.94. The van der Waals surface area contributed by atoms with Crippen LogP contribution in [0.5, 0.6) is 0 Å². The second kappa shape index (κ2) is 5.79. The van der Waals surface area contributed by atoms with E-state index in [1.807, 2.05) is 0 Å². The van der Waals surface area contributed by atoms with Gasteiger partial charge in [0.25, 0.3) is 0 Å². The van der Waals surface area contributed by atoms with Crippen LogP contribution in [0.2, 0.25) is 0 Å². The highest BCUT2D eigenvalue weighted by Crippen LogP contribution is 2.29. The summed E-state index contributed by atoms with van der Waals surface area (Å²) in [5, 5.41) is 2.59. The number of rotatable bonds is 6. The van der Waals surface area contributed by atoms with Crippen LogP contribution in [0.25, 0.3) is 0 Å². The summed E-state index contributed by atoms with van der Waals surface area (Å²) in [5.74, 6) is -0.270. The molecular weight excluding hydrogens is 242 g/mol. The van der Waals surface area contributed by atoms with E-state index < -0.39 is 10.0 Å². The van der Waals surface area contributed by atoms with Crippen molar-refractivity contribution >= 4 is 15.9 Å². The van der Waals surface area contributed by atoms with Crippen molar-refractivity contribution in [2.24, 2.45) is 5.73 Å². The van der Waals surface area contributed by atoms with Crippen molar-refractivity contribution in [3.63, 3.8) is 0 Å². The number of amides is 1. The maximum absolute atomic E-state index is 11.6. The third kappa shape index (κ3) is 5.01. The molecule has 1 aliphatic rings. The van der Waals surface area contributed by atoms with Gasteiger partial charge in [0.15, 0.2) is 0 Å². The fourth-order valence-electron chi connectivity index (χ4n) is 2.07. The summed E-state index contributed by atoms with van der Waals surface area (Å²) in [5.41, 5.74) is 5.67. The van der Waals surface area contributed by atoms with Crippen molar-refractivity contribution in [2.75, 3.05) is 19.3 Å². The third-order valence-electron chi connectivity index (χ3n) is 3.12. The van der Waals surface area contributed by atoms with Gasteiger partial charge in [-0.2, -0.15) is 0 Å². The number of hydrogen-bond donors (Lipinski definition) is 3. The summed E-state index contributed by atoms with van der Waals surface area (Å²) < 4.78 is 24.4. The highest BCUT2D eigenvalue weighted by molar-refractivity contribution is 7.89. The zero-order valence-electron chi connectivity index (χ0n) is 10.2. The third-order valence-corrected chi connectivity index (χ3v) is 4.48. The number of nitrogens with two attached hydrogens (primary N) is 1. The normalized spacial score (nSPS) is 19.2. The molecule has 17 heavy (non-hydrogen) atoms. The van der Waals surface area contributed by atoms with E-state index in [4.69, 9.17) is 5.73 Å². The number of nitrogens with one attached hydrogen (secondary N) is 2. The molecule has 0 aliphatic heterocycles. The monoisotopic (exact) mass is 263 g/mol. The van der Waals surface area contributed by atoms with Crippen LogP contribution in [-0.2, 0) is 14.8 Å². The van der Waals surface area contributed by atoms with Crippen LogP contribution < -0.4 is 15.8 Å². The molecule has 0 aromatic heterocycles. The van der Waals surface area contributed by atoms with Crippen LogP contribution in [0.4, 0.5) is 0 Å². The zero-order valence-corrected chi connectivity index (χ0v) is 11.0. The standard InChI is InChI=1S/C10H21N3O3S/c1-12-17(15,16)7-6-13-9(14)8-10(11)4-2-3-5-10/h12H,2-8,11H2,1H3,(H,13,14). The molecule has 0 spiro atoms. The van der Waals surface area contributed by atoms with E-state index in [2.05, 4.69) is 10.0 Å². The van der Waals surface area contributed by atoms with Gasteiger partial charge in [-0.3, -0.25) is 4.79 Å². The van der Waals surface area contributed by atoms with Crippen LogP contribution in [-0.4, -0.2) is 39.2 Å². The first kappa shape index (κ1) is 14.4. The van der Waals surface area contributed by atoms with Crippen LogP contribution >= 0.6 is 0 Å². The van der Waals surface area contributed by atoms with E-state index in [0.29, 0.717) is 0 Å². The Balaban J connectivity index is 2.26. The summed E-state index contributed by atoms with van der Waals surface area (Å²) >= 11 is 0. The molecule has 0 saturated heterocycles. The molecule has 0 heterocycles. The number of carbonyl (C=O) groups excluding carboxylic acids is 1. The summed E-state index contributed by atoms with van der Waals surface area (Å²) in [6.07, 6.45) is 4.16. The molecule has 0 radical (unpaired) electrons. The second-order valence-corrected chi connectivity index (χ2v) is 6.67. The molecule has 7 heteroatoms. The maximum Gasteiger partial charge on any atom is 0.221 e. The summed E-state index contributed by atoms with van der Waals surface area (Å²) in [7, 11) is -1.90. The Morgan fingerprint density at radius 3 is 2.47 bits per heavy atom. The summed E-state index contributed by atoms with van der Waals surface area (Å²) in [6.45, 7) is 0.123. The first-order valence-corrected chi connectivity index (χ1v) is 7.49. The lowest BCUT2D eigenvalue weighted by Crippen LogP contribution is -2.43. The predicted molar refractivity (Wildman–Crippen MR) is 65.9 cm³/mol. The highest BCUT2D eigenvalue weighted by Gasteiger charge is 2.31. The van der Waals surface area contributed by atoms with Crippen molar-refractivity contribution in [3.8, 4) is 0 Å². The van der Waals surface area contributed by atoms with Gasteiger partial charge < -0.3 is 11.1 Å². The van der Waals surface area contributed by atoms with Gasteiger partial charge in [-0.15, -0.1) is 0 Å². The maximum atomic E-state index is 11.6. The molecule has 100 valence electrons. The molecule has 4 N–H and O–H groups in total. The van der Waals surface area contributed by atoms with Gasteiger partial charge in [-0.1, -0.05) is 12.8 Å². The first-order valence-electron chi connectivity index (χ1n) is 5.84. The molecule has 0 aromatic rings. The average molecular weight is 263 g/mol. The average Bonchev–Trinajstić information content (AvgIpc) is 2.64. The topological polar surface area (TPSA) is 101 Å². The Hall–Kier alpha value is -0.660. The quantitative estimate of drug-likeness (QED) is 0.590. The van der Waals surface area contributed by atoms with E-state index in [0.717, 1.165) is 25.7 Å². The van der Waals surface area contributed by atoms with Crippen molar-refractivity contribution < 1.29 is 13.2 Å². The first-order chi connectivity index (χ1) is 7.87. The Labute approximate surface area is 102 Å². The van der Waals surface area contributed by atoms with Crippen molar-refractivity contribution in [1.82, 2.24) is 10.0 Å². The van der Waals surface area contributed by atoms with E-state index >= 15 is 0 Å². The smallest absolute Gasteiger partial charge is 0.221 e. The molecule has 6 nitrogen and oxygen atoms in total. The van der Waals surface area contributed by atoms with E-state index in [1.165, 1.54) is 7.05 Å². The molecule has 0 unspecified atom stereocenters. The lowest BCUT2D eigenvalue weighted by molar-refractivity contribution is -0.122. The van der Waals surface area contributed by atoms with Gasteiger partial charge in [0, 0.05) is 18.5 Å². The molecular formula is C10H21N3O3S. The summed E-state index contributed by atoms with van der Waals surface area (Å²) in [6, 6.07) is 0. The van der Waals surface area contributed by atoms with Gasteiger partial charge in [0.05, 0.1) is 5.75 Å². The van der Waals surface area contributed by atoms with Gasteiger partial charge in [0.2, 0.25) is 15.9 Å². The molecule has 1 amide bonds. The van der Waals surface area contributed by atoms with Gasteiger partial charge in [-0.25, -0.2) is 13.1 Å². The van der Waals surface area contributed by atoms with Crippen LogP contribution in [0.1, 0.15) is 32.1 Å². The van der Waals surface area contributed by atoms with Gasteiger partial charge >= 0.3 is 0 Å². The number of carbonyl (C=O) groups is 1. The SMILES string of the molecule is CNS(=O)(=O)CCNC(=O)CC1(N)CCCC1. The Kier molecular flexibility index (Phi) is 4.91. The van der Waals surface area contributed by atoms with Crippen LogP contribution in [0.15, 0.2) is 0 Å². The van der Waals surface area contributed by atoms with Crippen LogP contribution in [0.3, 0.4) is 0 Å². The minimum atomic E-state index is -3.25. The Morgan fingerprint density at radius 2 is 1.94 bits per heavy atom. The van der Waals surface area contributed by atoms with Gasteiger partial charge in [-0.05, 0) is 19.9 Å². The Morgan fingerprint density at radius 1 is 1.35 bits per heavy atom. The second-order valence-electron chi connectivity index (χ2n) is 4.62. The minimum Gasteiger partial charge on any atom is -0.355 e. The van der Waals surface area contributed by atoms with E-state index in [-0.39, 0.29) is 30.2 Å². The molecule has 1 aliphatic carbocycles. The fraction of sp³-hybridized carbons (Fsp3) is 0.900. The number of hydrogen-bond acceptors (Lipinski definition) is 4. The molecule has 0 bridgehead atoms. The highest BCUT2D eigenvalue weighted by atomic mass is 32.2. The van der Waals surface area contributed by atoms with Crippen molar-refractivity contribution in [1.29, 1.82) is 0 Å². The Bertz CT molecular complexity index is 361. The number of sulfonamides is 1. The van der Waals surface area contributed by atoms with Crippen LogP contribution in [0, 0.1) is 0 Å². The molecule has 0 aromatic carbocycles.